The van der Waals surface area contributed by atoms with Crippen LogP contribution in [0.25, 0.3) is 16.6 Å². The van der Waals surface area contributed by atoms with Crippen LogP contribution in [0.2, 0.25) is 0 Å². The number of hydrogen-bond donors (Lipinski definition) is 0. The molecule has 7 heteroatoms. The molecule has 5 rings (SSSR count). The third kappa shape index (κ3) is 2.51. The molecule has 0 unspecified atom stereocenters. The van der Waals surface area contributed by atoms with Crippen LogP contribution >= 0.6 is 0 Å². The Morgan fingerprint density at radius 2 is 2.07 bits per heavy atom. The number of aryl methyl sites for hydroxylation is 1. The largest absolute Gasteiger partial charge is 0.451 e. The van der Waals surface area contributed by atoms with Crippen molar-refractivity contribution in [1.82, 2.24) is 19.5 Å². The minimum absolute atomic E-state index is 0.0612. The standard InChI is InChI=1S/C20H16N4O3/c1-12-8-19-21-10-13-11-23(7-6-15(13)24(19)22-12)20(26)18-9-16(25)14-4-2-3-5-17(14)27-18/h2-5,8-10H,6-7,11H2,1H3. The van der Waals surface area contributed by atoms with E-state index in [0.29, 0.717) is 30.5 Å². The van der Waals surface area contributed by atoms with Gasteiger partial charge in [-0.15, -0.1) is 0 Å². The van der Waals surface area contributed by atoms with Crippen LogP contribution in [0.1, 0.15) is 27.5 Å². The smallest absolute Gasteiger partial charge is 0.290 e. The summed E-state index contributed by atoms with van der Waals surface area (Å²) >= 11 is 0. The second kappa shape index (κ2) is 5.77. The van der Waals surface area contributed by atoms with Gasteiger partial charge >= 0.3 is 0 Å². The first-order valence-corrected chi connectivity index (χ1v) is 8.75. The van der Waals surface area contributed by atoms with E-state index in [1.165, 1.54) is 6.07 Å². The summed E-state index contributed by atoms with van der Waals surface area (Å²) < 4.78 is 7.54. The second-order valence-corrected chi connectivity index (χ2v) is 6.73. The van der Waals surface area contributed by atoms with Gasteiger partial charge in [-0.3, -0.25) is 9.59 Å². The molecule has 7 nitrogen and oxygen atoms in total. The molecule has 0 saturated heterocycles. The lowest BCUT2D eigenvalue weighted by molar-refractivity contribution is 0.0701. The third-order valence-electron chi connectivity index (χ3n) is 4.90. The third-order valence-corrected chi connectivity index (χ3v) is 4.90. The number of para-hydroxylation sites is 1. The quantitative estimate of drug-likeness (QED) is 0.520. The summed E-state index contributed by atoms with van der Waals surface area (Å²) in [6, 6.07) is 10.1. The Labute approximate surface area is 153 Å². The molecular weight excluding hydrogens is 344 g/mol. The summed E-state index contributed by atoms with van der Waals surface area (Å²) in [7, 11) is 0. The van der Waals surface area contributed by atoms with Crippen molar-refractivity contribution in [2.75, 3.05) is 6.54 Å². The van der Waals surface area contributed by atoms with Gasteiger partial charge in [-0.2, -0.15) is 5.10 Å². The van der Waals surface area contributed by atoms with Crippen molar-refractivity contribution in [1.29, 1.82) is 0 Å². The predicted octanol–water partition coefficient (Wildman–Crippen LogP) is 2.34. The Kier molecular flexibility index (Phi) is 3.36. The average molecular weight is 360 g/mol. The van der Waals surface area contributed by atoms with Gasteiger partial charge in [0.15, 0.2) is 16.8 Å². The first-order chi connectivity index (χ1) is 13.1. The molecule has 1 amide bonds. The highest BCUT2D eigenvalue weighted by atomic mass is 16.3. The van der Waals surface area contributed by atoms with E-state index < -0.39 is 0 Å². The molecule has 1 aliphatic rings. The number of carbonyl (C=O) groups is 1. The first kappa shape index (κ1) is 15.7. The van der Waals surface area contributed by atoms with Crippen molar-refractivity contribution in [3.63, 3.8) is 0 Å². The normalized spacial score (nSPS) is 13.9. The van der Waals surface area contributed by atoms with Crippen molar-refractivity contribution < 1.29 is 9.21 Å². The summed E-state index contributed by atoms with van der Waals surface area (Å²) in [5, 5.41) is 4.96. The lowest BCUT2D eigenvalue weighted by atomic mass is 10.1. The minimum Gasteiger partial charge on any atom is -0.451 e. The molecular formula is C20H16N4O3. The van der Waals surface area contributed by atoms with Crippen LogP contribution < -0.4 is 5.43 Å². The molecule has 0 bridgehead atoms. The lowest BCUT2D eigenvalue weighted by Crippen LogP contribution is -2.37. The fourth-order valence-electron chi connectivity index (χ4n) is 3.59. The maximum absolute atomic E-state index is 12.9. The molecule has 0 spiro atoms. The topological polar surface area (TPSA) is 80.7 Å². The summed E-state index contributed by atoms with van der Waals surface area (Å²) in [4.78, 5) is 31.3. The highest BCUT2D eigenvalue weighted by molar-refractivity contribution is 5.93. The van der Waals surface area contributed by atoms with Gasteiger partial charge in [-0.25, -0.2) is 9.50 Å². The van der Waals surface area contributed by atoms with Crippen LogP contribution in [-0.2, 0) is 13.0 Å². The van der Waals surface area contributed by atoms with Crippen LogP contribution in [0.5, 0.6) is 0 Å². The van der Waals surface area contributed by atoms with Gasteiger partial charge in [-0.1, -0.05) is 12.1 Å². The van der Waals surface area contributed by atoms with Crippen LogP contribution in [0.3, 0.4) is 0 Å². The fraction of sp³-hybridized carbons (Fsp3) is 0.200. The Hall–Kier alpha value is -3.48. The maximum atomic E-state index is 12.9. The number of fused-ring (bicyclic) bond motifs is 4. The lowest BCUT2D eigenvalue weighted by Gasteiger charge is -2.28. The molecule has 4 heterocycles. The van der Waals surface area contributed by atoms with E-state index in [4.69, 9.17) is 4.42 Å². The molecule has 0 atom stereocenters. The van der Waals surface area contributed by atoms with E-state index in [1.807, 2.05) is 17.5 Å². The van der Waals surface area contributed by atoms with Crippen molar-refractivity contribution in [2.24, 2.45) is 0 Å². The second-order valence-electron chi connectivity index (χ2n) is 6.73. The molecule has 3 aromatic heterocycles. The highest BCUT2D eigenvalue weighted by Crippen LogP contribution is 2.22. The van der Waals surface area contributed by atoms with Crippen LogP contribution in [0.4, 0.5) is 0 Å². The van der Waals surface area contributed by atoms with E-state index >= 15 is 0 Å². The molecule has 1 aliphatic heterocycles. The zero-order valence-electron chi connectivity index (χ0n) is 14.7. The summed E-state index contributed by atoms with van der Waals surface area (Å²) in [6.45, 7) is 2.87. The Morgan fingerprint density at radius 3 is 2.96 bits per heavy atom. The van der Waals surface area contributed by atoms with E-state index in [2.05, 4.69) is 10.1 Å². The zero-order valence-corrected chi connectivity index (χ0v) is 14.7. The van der Waals surface area contributed by atoms with Gasteiger partial charge in [0.25, 0.3) is 5.91 Å². The van der Waals surface area contributed by atoms with Crippen LogP contribution in [-0.4, -0.2) is 31.9 Å². The number of hydrogen-bond acceptors (Lipinski definition) is 5. The molecule has 0 fully saturated rings. The van der Waals surface area contributed by atoms with Gasteiger partial charge in [0.2, 0.25) is 0 Å². The van der Waals surface area contributed by atoms with Gasteiger partial charge < -0.3 is 9.32 Å². The fourth-order valence-corrected chi connectivity index (χ4v) is 3.59. The Bertz CT molecular complexity index is 1270. The molecule has 4 aromatic rings. The SMILES string of the molecule is Cc1cc2ncc3c(n2n1)CCN(C(=O)c1cc(=O)c2ccccc2o1)C3. The summed E-state index contributed by atoms with van der Waals surface area (Å²) in [5.41, 5.74) is 3.94. The van der Waals surface area contributed by atoms with Gasteiger partial charge in [-0.05, 0) is 19.1 Å². The minimum atomic E-state index is -0.291. The number of nitrogens with zero attached hydrogens (tertiary/aromatic N) is 4. The Morgan fingerprint density at radius 1 is 1.22 bits per heavy atom. The zero-order chi connectivity index (χ0) is 18.5. The molecule has 134 valence electrons. The summed E-state index contributed by atoms with van der Waals surface area (Å²) in [6.07, 6.45) is 2.46. The Balaban J connectivity index is 1.50. The van der Waals surface area contributed by atoms with E-state index in [1.54, 1.807) is 35.4 Å². The van der Waals surface area contributed by atoms with Crippen LogP contribution in [0, 0.1) is 6.92 Å². The van der Waals surface area contributed by atoms with Gasteiger partial charge in [0, 0.05) is 43.4 Å². The predicted molar refractivity (Wildman–Crippen MR) is 98.7 cm³/mol. The van der Waals surface area contributed by atoms with Gasteiger partial charge in [0.1, 0.15) is 5.58 Å². The monoisotopic (exact) mass is 360 g/mol. The van der Waals surface area contributed by atoms with Crippen molar-refractivity contribution in [3.05, 3.63) is 75.5 Å². The van der Waals surface area contributed by atoms with E-state index in [9.17, 15) is 9.59 Å². The van der Waals surface area contributed by atoms with Crippen molar-refractivity contribution in [3.8, 4) is 0 Å². The molecule has 0 N–H and O–H groups in total. The van der Waals surface area contributed by atoms with E-state index in [0.717, 1.165) is 22.6 Å². The van der Waals surface area contributed by atoms with Gasteiger partial charge in [0.05, 0.1) is 16.8 Å². The molecule has 0 aliphatic carbocycles. The number of amides is 1. The highest BCUT2D eigenvalue weighted by Gasteiger charge is 2.26. The van der Waals surface area contributed by atoms with E-state index in [-0.39, 0.29) is 17.1 Å². The van der Waals surface area contributed by atoms with Crippen molar-refractivity contribution >= 4 is 22.5 Å². The first-order valence-electron chi connectivity index (χ1n) is 8.75. The molecule has 0 saturated carbocycles. The summed E-state index contributed by atoms with van der Waals surface area (Å²) in [5.74, 6) is -0.230. The number of carbonyl (C=O) groups excluding carboxylic acids is 1. The molecule has 27 heavy (non-hydrogen) atoms. The number of aromatic nitrogens is 3. The molecule has 1 aromatic carbocycles. The number of benzene rings is 1. The van der Waals surface area contributed by atoms with Crippen molar-refractivity contribution in [2.45, 2.75) is 19.9 Å². The van der Waals surface area contributed by atoms with Crippen LogP contribution in [0.15, 0.2) is 51.8 Å². The molecule has 0 radical (unpaired) electrons. The average Bonchev–Trinajstić information content (AvgIpc) is 3.07. The number of rotatable bonds is 1. The maximum Gasteiger partial charge on any atom is 0.290 e.